The van der Waals surface area contributed by atoms with Crippen LogP contribution in [0.2, 0.25) is 0 Å². The van der Waals surface area contributed by atoms with Crippen LogP contribution in [-0.4, -0.2) is 11.7 Å². The third kappa shape index (κ3) is 1.40. The lowest BCUT2D eigenvalue weighted by Crippen LogP contribution is -2.19. The zero-order valence-electron chi connectivity index (χ0n) is 11.3. The van der Waals surface area contributed by atoms with Crippen molar-refractivity contribution in [1.82, 2.24) is 4.57 Å². The van der Waals surface area contributed by atoms with Gasteiger partial charge in [-0.1, -0.05) is 6.07 Å². The van der Waals surface area contributed by atoms with Crippen molar-refractivity contribution in [2.24, 2.45) is 12.8 Å². The summed E-state index contributed by atoms with van der Waals surface area (Å²) in [5.74, 6) is 0.944. The van der Waals surface area contributed by atoms with Gasteiger partial charge in [-0.15, -0.1) is 0 Å². The number of fused-ring (bicyclic) bond motifs is 3. The maximum atomic E-state index is 6.29. The number of benzene rings is 1. The van der Waals surface area contributed by atoms with Crippen molar-refractivity contribution in [3.63, 3.8) is 0 Å². The molecule has 2 N–H and O–H groups in total. The first-order valence-electron chi connectivity index (χ1n) is 6.55. The van der Waals surface area contributed by atoms with Gasteiger partial charge in [0.15, 0.2) is 0 Å². The maximum Gasteiger partial charge on any atom is 0.143 e. The summed E-state index contributed by atoms with van der Waals surface area (Å²) in [5.41, 5.74) is 11.5. The average Bonchev–Trinajstić information content (AvgIpc) is 2.67. The number of methoxy groups -OCH3 is 1. The molecule has 0 amide bonds. The van der Waals surface area contributed by atoms with Gasteiger partial charge in [-0.3, -0.25) is 0 Å². The first kappa shape index (κ1) is 11.6. The van der Waals surface area contributed by atoms with Gasteiger partial charge in [-0.2, -0.15) is 0 Å². The summed E-state index contributed by atoms with van der Waals surface area (Å²) in [5, 5.41) is 1.35. The number of ether oxygens (including phenoxy) is 1. The van der Waals surface area contributed by atoms with Crippen molar-refractivity contribution < 1.29 is 4.74 Å². The Hall–Kier alpha value is -1.48. The number of aryl methyl sites for hydroxylation is 3. The van der Waals surface area contributed by atoms with Crippen molar-refractivity contribution in [1.29, 1.82) is 0 Å². The molecule has 1 aliphatic carbocycles. The molecule has 1 aliphatic rings. The molecule has 0 bridgehead atoms. The Balaban J connectivity index is 2.45. The van der Waals surface area contributed by atoms with Crippen molar-refractivity contribution in [2.75, 3.05) is 7.11 Å². The minimum absolute atomic E-state index is 0.162. The molecule has 1 aromatic heterocycles. The number of nitrogens with two attached hydrogens (primary N) is 1. The van der Waals surface area contributed by atoms with Crippen LogP contribution in [0.3, 0.4) is 0 Å². The second-order valence-corrected chi connectivity index (χ2v) is 5.23. The Morgan fingerprint density at radius 3 is 2.89 bits per heavy atom. The predicted molar refractivity (Wildman–Crippen MR) is 74.1 cm³/mol. The molecule has 1 atom stereocenters. The van der Waals surface area contributed by atoms with E-state index in [-0.39, 0.29) is 6.04 Å². The standard InChI is InChI=1S/C15H20N2O/c1-9-7-8-12(18-3)15-13(9)10-5-4-6-11(16)14(10)17(15)2/h7-8,11H,4-6,16H2,1-3H3. The van der Waals surface area contributed by atoms with Crippen LogP contribution in [0.4, 0.5) is 0 Å². The van der Waals surface area contributed by atoms with Gasteiger partial charge in [0.1, 0.15) is 5.75 Å². The van der Waals surface area contributed by atoms with Crippen LogP contribution < -0.4 is 10.5 Å². The van der Waals surface area contributed by atoms with E-state index < -0.39 is 0 Å². The van der Waals surface area contributed by atoms with E-state index in [9.17, 15) is 0 Å². The maximum absolute atomic E-state index is 6.29. The van der Waals surface area contributed by atoms with Gasteiger partial charge in [0.05, 0.1) is 12.6 Å². The summed E-state index contributed by atoms with van der Waals surface area (Å²) in [6.45, 7) is 2.17. The minimum Gasteiger partial charge on any atom is -0.495 e. The second kappa shape index (κ2) is 4.02. The topological polar surface area (TPSA) is 40.2 Å². The van der Waals surface area contributed by atoms with Crippen molar-refractivity contribution >= 4 is 10.9 Å². The Kier molecular flexibility index (Phi) is 2.59. The van der Waals surface area contributed by atoms with E-state index in [2.05, 4.69) is 30.7 Å². The van der Waals surface area contributed by atoms with Gasteiger partial charge in [0.25, 0.3) is 0 Å². The van der Waals surface area contributed by atoms with Gasteiger partial charge in [-0.25, -0.2) is 0 Å². The summed E-state index contributed by atoms with van der Waals surface area (Å²) in [4.78, 5) is 0. The number of hydrogen-bond acceptors (Lipinski definition) is 2. The summed E-state index contributed by atoms with van der Waals surface area (Å²) >= 11 is 0. The number of nitrogens with zero attached hydrogens (tertiary/aromatic N) is 1. The van der Waals surface area contributed by atoms with Crippen LogP contribution >= 0.6 is 0 Å². The van der Waals surface area contributed by atoms with Crippen LogP contribution in [0.1, 0.15) is 35.7 Å². The van der Waals surface area contributed by atoms with E-state index in [0.29, 0.717) is 0 Å². The molecule has 0 spiro atoms. The van der Waals surface area contributed by atoms with Crippen molar-refractivity contribution in [3.05, 3.63) is 29.0 Å². The molecule has 0 radical (unpaired) electrons. The smallest absolute Gasteiger partial charge is 0.143 e. The van der Waals surface area contributed by atoms with Gasteiger partial charge in [0, 0.05) is 24.2 Å². The molecule has 3 heteroatoms. The molecule has 1 unspecified atom stereocenters. The highest BCUT2D eigenvalue weighted by Gasteiger charge is 2.26. The fourth-order valence-electron chi connectivity index (χ4n) is 3.36. The lowest BCUT2D eigenvalue weighted by Gasteiger charge is -2.20. The SMILES string of the molecule is COc1ccc(C)c2c3c(n(C)c12)C(N)CCC3. The average molecular weight is 244 g/mol. The molecule has 0 aliphatic heterocycles. The molecule has 2 aromatic rings. The Labute approximate surface area is 108 Å². The zero-order chi connectivity index (χ0) is 12.9. The van der Waals surface area contributed by atoms with E-state index in [1.807, 2.05) is 0 Å². The van der Waals surface area contributed by atoms with E-state index in [1.165, 1.54) is 34.1 Å². The van der Waals surface area contributed by atoms with Gasteiger partial charge >= 0.3 is 0 Å². The Morgan fingerprint density at radius 2 is 2.17 bits per heavy atom. The number of aromatic nitrogens is 1. The first-order valence-corrected chi connectivity index (χ1v) is 6.55. The lowest BCUT2D eigenvalue weighted by molar-refractivity contribution is 0.417. The monoisotopic (exact) mass is 244 g/mol. The highest BCUT2D eigenvalue weighted by molar-refractivity contribution is 5.93. The summed E-state index contributed by atoms with van der Waals surface area (Å²) in [6, 6.07) is 4.35. The van der Waals surface area contributed by atoms with Crippen LogP contribution in [0.5, 0.6) is 5.75 Å². The summed E-state index contributed by atoms with van der Waals surface area (Å²) < 4.78 is 7.75. The lowest BCUT2D eigenvalue weighted by atomic mass is 9.91. The van der Waals surface area contributed by atoms with Gasteiger partial charge < -0.3 is 15.0 Å². The predicted octanol–water partition coefficient (Wildman–Crippen LogP) is 2.83. The van der Waals surface area contributed by atoms with Gasteiger partial charge in [0.2, 0.25) is 0 Å². The largest absolute Gasteiger partial charge is 0.495 e. The molecule has 0 fully saturated rings. The highest BCUT2D eigenvalue weighted by atomic mass is 16.5. The zero-order valence-corrected chi connectivity index (χ0v) is 11.3. The molecule has 0 saturated carbocycles. The molecule has 18 heavy (non-hydrogen) atoms. The molecule has 1 aromatic carbocycles. The molecule has 0 saturated heterocycles. The molecule has 1 heterocycles. The Bertz CT molecular complexity index is 613. The second-order valence-electron chi connectivity index (χ2n) is 5.23. The fraction of sp³-hybridized carbons (Fsp3) is 0.467. The normalized spacial score (nSPS) is 19.0. The molecule has 3 nitrogen and oxygen atoms in total. The highest BCUT2D eigenvalue weighted by Crippen LogP contribution is 2.40. The quantitative estimate of drug-likeness (QED) is 0.838. The van der Waals surface area contributed by atoms with E-state index >= 15 is 0 Å². The molecule has 96 valence electrons. The van der Waals surface area contributed by atoms with E-state index in [1.54, 1.807) is 7.11 Å². The first-order chi connectivity index (χ1) is 8.65. The van der Waals surface area contributed by atoms with Crippen LogP contribution in [-0.2, 0) is 13.5 Å². The van der Waals surface area contributed by atoms with Gasteiger partial charge in [-0.05, 0) is 43.4 Å². The fourth-order valence-corrected chi connectivity index (χ4v) is 3.36. The molecular weight excluding hydrogens is 224 g/mol. The molecular formula is C15H20N2O. The summed E-state index contributed by atoms with van der Waals surface area (Å²) in [6.07, 6.45) is 3.40. The third-order valence-electron chi connectivity index (χ3n) is 4.17. The van der Waals surface area contributed by atoms with E-state index in [0.717, 1.165) is 18.6 Å². The van der Waals surface area contributed by atoms with Crippen molar-refractivity contribution in [2.45, 2.75) is 32.2 Å². The number of hydrogen-bond donors (Lipinski definition) is 1. The third-order valence-corrected chi connectivity index (χ3v) is 4.17. The number of rotatable bonds is 1. The van der Waals surface area contributed by atoms with Crippen LogP contribution in [0, 0.1) is 6.92 Å². The minimum atomic E-state index is 0.162. The van der Waals surface area contributed by atoms with Crippen molar-refractivity contribution in [3.8, 4) is 5.75 Å². The van der Waals surface area contributed by atoms with Crippen LogP contribution in [0.25, 0.3) is 10.9 Å². The summed E-state index contributed by atoms with van der Waals surface area (Å²) in [7, 11) is 3.84. The van der Waals surface area contributed by atoms with Crippen LogP contribution in [0.15, 0.2) is 12.1 Å². The molecule has 3 rings (SSSR count). The Morgan fingerprint density at radius 1 is 1.39 bits per heavy atom. The van der Waals surface area contributed by atoms with E-state index in [4.69, 9.17) is 10.5 Å².